The quantitative estimate of drug-likeness (QED) is 0.639. The standard InChI is InChI=1S/C25H28N2OS/c1-3-27(4-2)25(28)16-9-12-21-23(15-16)29-22-8-6-5-7-20(22)24(21)17-13-18-10-11-19(14-17)26-18/h5-9,12,15,18-19,26H,3-4,10-11,13-14H2,1-2H3. The lowest BCUT2D eigenvalue weighted by atomic mass is 9.86. The third-order valence-electron chi connectivity index (χ3n) is 6.60. The van der Waals surface area contributed by atoms with Crippen LogP contribution in [0.5, 0.6) is 0 Å². The van der Waals surface area contributed by atoms with Gasteiger partial charge >= 0.3 is 0 Å². The molecular formula is C25H28N2OS. The van der Waals surface area contributed by atoms with E-state index in [0.29, 0.717) is 12.1 Å². The Bertz CT molecular complexity index is 978. The molecule has 2 fully saturated rings. The van der Waals surface area contributed by atoms with Crippen molar-refractivity contribution >= 4 is 23.2 Å². The predicted octanol–water partition coefficient (Wildman–Crippen LogP) is 5.35. The van der Waals surface area contributed by atoms with E-state index in [-0.39, 0.29) is 5.91 Å². The molecule has 0 radical (unpaired) electrons. The fourth-order valence-electron chi connectivity index (χ4n) is 5.15. The topological polar surface area (TPSA) is 32.3 Å². The van der Waals surface area contributed by atoms with Crippen LogP contribution in [0.25, 0.3) is 5.57 Å². The summed E-state index contributed by atoms with van der Waals surface area (Å²) < 4.78 is 0. The van der Waals surface area contributed by atoms with Gasteiger partial charge < -0.3 is 10.2 Å². The van der Waals surface area contributed by atoms with Crippen LogP contribution in [0.1, 0.15) is 61.0 Å². The van der Waals surface area contributed by atoms with Crippen molar-refractivity contribution < 1.29 is 4.79 Å². The molecule has 29 heavy (non-hydrogen) atoms. The maximum absolute atomic E-state index is 12.9. The van der Waals surface area contributed by atoms with Gasteiger partial charge in [-0.3, -0.25) is 4.79 Å². The maximum atomic E-state index is 12.9. The van der Waals surface area contributed by atoms with Crippen LogP contribution < -0.4 is 5.32 Å². The fourth-order valence-corrected chi connectivity index (χ4v) is 6.28. The average molecular weight is 405 g/mol. The maximum Gasteiger partial charge on any atom is 0.253 e. The van der Waals surface area contributed by atoms with Gasteiger partial charge in [0, 0.05) is 40.5 Å². The summed E-state index contributed by atoms with van der Waals surface area (Å²) in [7, 11) is 0. The van der Waals surface area contributed by atoms with Gasteiger partial charge in [0.15, 0.2) is 0 Å². The van der Waals surface area contributed by atoms with Crippen molar-refractivity contribution in [3.63, 3.8) is 0 Å². The van der Waals surface area contributed by atoms with Crippen LogP contribution in [0.4, 0.5) is 0 Å². The molecule has 2 unspecified atom stereocenters. The highest BCUT2D eigenvalue weighted by Gasteiger charge is 2.34. The van der Waals surface area contributed by atoms with Crippen molar-refractivity contribution in [2.24, 2.45) is 0 Å². The van der Waals surface area contributed by atoms with Gasteiger partial charge in [0.05, 0.1) is 0 Å². The molecule has 0 aromatic heterocycles. The van der Waals surface area contributed by atoms with Crippen LogP contribution in [0.3, 0.4) is 0 Å². The number of amides is 1. The lowest BCUT2D eigenvalue weighted by Crippen LogP contribution is -2.35. The molecule has 2 bridgehead atoms. The molecule has 5 rings (SSSR count). The number of piperidine rings is 1. The zero-order valence-corrected chi connectivity index (χ0v) is 18.0. The molecule has 0 spiro atoms. The summed E-state index contributed by atoms with van der Waals surface area (Å²) >= 11 is 1.81. The van der Waals surface area contributed by atoms with Gasteiger partial charge in [0.2, 0.25) is 0 Å². The van der Waals surface area contributed by atoms with Crippen LogP contribution in [0.2, 0.25) is 0 Å². The number of hydrogen-bond acceptors (Lipinski definition) is 3. The molecule has 150 valence electrons. The molecule has 2 saturated heterocycles. The van der Waals surface area contributed by atoms with Gasteiger partial charge in [0.25, 0.3) is 5.91 Å². The number of hydrogen-bond donors (Lipinski definition) is 1. The Balaban J connectivity index is 1.62. The number of fused-ring (bicyclic) bond motifs is 4. The smallest absolute Gasteiger partial charge is 0.253 e. The minimum atomic E-state index is 0.131. The first-order chi connectivity index (χ1) is 14.2. The molecule has 1 N–H and O–H groups in total. The van der Waals surface area contributed by atoms with Gasteiger partial charge in [-0.1, -0.05) is 41.6 Å². The largest absolute Gasteiger partial charge is 0.339 e. The molecule has 0 aliphatic carbocycles. The lowest BCUT2D eigenvalue weighted by Gasteiger charge is -2.30. The molecule has 1 amide bonds. The highest BCUT2D eigenvalue weighted by atomic mass is 32.2. The Hall–Kier alpha value is -2.04. The van der Waals surface area contributed by atoms with E-state index < -0.39 is 0 Å². The molecule has 3 heterocycles. The van der Waals surface area contributed by atoms with Gasteiger partial charge in [-0.25, -0.2) is 0 Å². The second kappa shape index (κ2) is 7.66. The van der Waals surface area contributed by atoms with E-state index in [1.807, 2.05) is 24.8 Å². The van der Waals surface area contributed by atoms with E-state index in [0.717, 1.165) is 31.5 Å². The minimum Gasteiger partial charge on any atom is -0.339 e. The van der Waals surface area contributed by atoms with Crippen LogP contribution in [0, 0.1) is 0 Å². The Morgan fingerprint density at radius 1 is 1.00 bits per heavy atom. The molecule has 2 aromatic carbocycles. The van der Waals surface area contributed by atoms with Crippen molar-refractivity contribution in [3.8, 4) is 0 Å². The van der Waals surface area contributed by atoms with Gasteiger partial charge in [-0.15, -0.1) is 0 Å². The van der Waals surface area contributed by atoms with E-state index >= 15 is 0 Å². The normalized spacial score (nSPS) is 22.3. The fraction of sp³-hybridized carbons (Fsp3) is 0.400. The van der Waals surface area contributed by atoms with E-state index in [2.05, 4.69) is 41.7 Å². The lowest BCUT2D eigenvalue weighted by molar-refractivity contribution is 0.0772. The van der Waals surface area contributed by atoms with Crippen LogP contribution in [-0.4, -0.2) is 36.0 Å². The van der Waals surface area contributed by atoms with Crippen molar-refractivity contribution in [3.05, 3.63) is 64.7 Å². The van der Waals surface area contributed by atoms with E-state index in [1.165, 1.54) is 39.3 Å². The van der Waals surface area contributed by atoms with E-state index in [9.17, 15) is 4.79 Å². The zero-order valence-electron chi connectivity index (χ0n) is 17.2. The number of benzene rings is 2. The van der Waals surface area contributed by atoms with Crippen molar-refractivity contribution in [2.45, 2.75) is 61.4 Å². The molecule has 4 heteroatoms. The highest BCUT2D eigenvalue weighted by molar-refractivity contribution is 7.99. The van der Waals surface area contributed by atoms with Gasteiger partial charge in [-0.2, -0.15) is 0 Å². The number of rotatable bonds is 3. The van der Waals surface area contributed by atoms with E-state index in [1.54, 1.807) is 17.3 Å². The summed E-state index contributed by atoms with van der Waals surface area (Å²) in [6.45, 7) is 5.57. The number of carbonyl (C=O) groups excluding carboxylic acids is 1. The molecular weight excluding hydrogens is 376 g/mol. The summed E-state index contributed by atoms with van der Waals surface area (Å²) in [6, 6.07) is 16.4. The monoisotopic (exact) mass is 404 g/mol. The van der Waals surface area contributed by atoms with Crippen LogP contribution in [0.15, 0.2) is 57.8 Å². The Morgan fingerprint density at radius 3 is 2.41 bits per heavy atom. The average Bonchev–Trinajstić information content (AvgIpc) is 3.09. The first-order valence-corrected chi connectivity index (χ1v) is 11.7. The zero-order chi connectivity index (χ0) is 20.0. The molecule has 2 atom stereocenters. The number of nitrogens with one attached hydrogen (secondary N) is 1. The van der Waals surface area contributed by atoms with Gasteiger partial charge in [0.1, 0.15) is 0 Å². The molecule has 3 aliphatic heterocycles. The molecule has 2 aromatic rings. The highest BCUT2D eigenvalue weighted by Crippen LogP contribution is 2.49. The third-order valence-corrected chi connectivity index (χ3v) is 7.73. The summed E-state index contributed by atoms with van der Waals surface area (Å²) in [4.78, 5) is 17.3. The van der Waals surface area contributed by atoms with Crippen molar-refractivity contribution in [1.82, 2.24) is 10.2 Å². The molecule has 3 aliphatic rings. The SMILES string of the molecule is CCN(CC)C(=O)c1ccc2c(c1)Sc1ccccc1C2=C1CC2CCC(C1)N2. The summed E-state index contributed by atoms with van der Waals surface area (Å²) in [5.41, 5.74) is 6.49. The number of nitrogens with zero attached hydrogens (tertiary/aromatic N) is 1. The Morgan fingerprint density at radius 2 is 1.69 bits per heavy atom. The first kappa shape index (κ1) is 19.0. The second-order valence-electron chi connectivity index (χ2n) is 8.31. The van der Waals surface area contributed by atoms with E-state index in [4.69, 9.17) is 0 Å². The molecule has 0 saturated carbocycles. The summed E-state index contributed by atoms with van der Waals surface area (Å²) in [6.07, 6.45) is 4.87. The van der Waals surface area contributed by atoms with Crippen molar-refractivity contribution in [1.29, 1.82) is 0 Å². The van der Waals surface area contributed by atoms with Crippen molar-refractivity contribution in [2.75, 3.05) is 13.1 Å². The van der Waals surface area contributed by atoms with Crippen LogP contribution >= 0.6 is 11.8 Å². The summed E-state index contributed by atoms with van der Waals surface area (Å²) in [5.74, 6) is 0.131. The Labute approximate surface area is 177 Å². The first-order valence-electron chi connectivity index (χ1n) is 10.9. The minimum absolute atomic E-state index is 0.131. The summed E-state index contributed by atoms with van der Waals surface area (Å²) in [5, 5.41) is 3.77. The Kier molecular flexibility index (Phi) is 5.00. The van der Waals surface area contributed by atoms with Crippen LogP contribution in [-0.2, 0) is 0 Å². The molecule has 3 nitrogen and oxygen atoms in total. The number of carbonyl (C=O) groups is 1. The second-order valence-corrected chi connectivity index (χ2v) is 9.40. The van der Waals surface area contributed by atoms with Gasteiger partial charge in [-0.05, 0) is 74.4 Å². The third kappa shape index (κ3) is 3.32. The predicted molar refractivity (Wildman–Crippen MR) is 119 cm³/mol.